The average Bonchev–Trinajstić information content (AvgIpc) is 2.47. The van der Waals surface area contributed by atoms with E-state index >= 15 is 0 Å². The number of amides is 1. The molecule has 0 fully saturated rings. The van der Waals surface area contributed by atoms with Gasteiger partial charge in [0.15, 0.2) is 0 Å². The molecule has 1 amide bonds. The Kier molecular flexibility index (Phi) is 5.11. The largest absolute Gasteiger partial charge is 0.481 e. The minimum absolute atomic E-state index is 0.160. The first kappa shape index (κ1) is 15.3. The van der Waals surface area contributed by atoms with Gasteiger partial charge in [-0.3, -0.25) is 9.59 Å². The molecule has 5 heteroatoms. The average molecular weight is 348 g/mol. The van der Waals surface area contributed by atoms with Crippen LogP contribution in [0, 0.1) is 0 Å². The molecule has 0 aliphatic heterocycles. The summed E-state index contributed by atoms with van der Waals surface area (Å²) in [5.41, 5.74) is 1.26. The number of rotatable bonds is 5. The van der Waals surface area contributed by atoms with Crippen molar-refractivity contribution in [2.24, 2.45) is 0 Å². The maximum Gasteiger partial charge on any atom is 0.305 e. The molecule has 2 rings (SSSR count). The third kappa shape index (κ3) is 4.43. The molecule has 0 spiro atoms. The van der Waals surface area contributed by atoms with Crippen LogP contribution < -0.4 is 5.32 Å². The Balaban J connectivity index is 2.17. The lowest BCUT2D eigenvalue weighted by atomic mass is 10.0. The van der Waals surface area contributed by atoms with Crippen LogP contribution in [0.4, 0.5) is 0 Å². The third-order valence-electron chi connectivity index (χ3n) is 2.99. The third-order valence-corrected chi connectivity index (χ3v) is 3.52. The maximum atomic E-state index is 12.2. The van der Waals surface area contributed by atoms with Crippen LogP contribution >= 0.6 is 15.9 Å². The highest BCUT2D eigenvalue weighted by Gasteiger charge is 2.18. The summed E-state index contributed by atoms with van der Waals surface area (Å²) in [6.45, 7) is 0. The van der Waals surface area contributed by atoms with Crippen LogP contribution in [0.25, 0.3) is 0 Å². The molecule has 0 saturated heterocycles. The number of nitrogens with one attached hydrogen (secondary N) is 1. The van der Waals surface area contributed by atoms with Crippen molar-refractivity contribution >= 4 is 27.8 Å². The number of carbonyl (C=O) groups is 2. The van der Waals surface area contributed by atoms with Crippen molar-refractivity contribution in [1.29, 1.82) is 0 Å². The maximum absolute atomic E-state index is 12.2. The fourth-order valence-electron chi connectivity index (χ4n) is 1.96. The van der Waals surface area contributed by atoms with Crippen LogP contribution in [0.5, 0.6) is 0 Å². The number of benzene rings is 2. The number of halogens is 1. The van der Waals surface area contributed by atoms with Gasteiger partial charge in [-0.15, -0.1) is 0 Å². The van der Waals surface area contributed by atoms with E-state index in [2.05, 4.69) is 21.2 Å². The van der Waals surface area contributed by atoms with Gasteiger partial charge in [-0.25, -0.2) is 0 Å². The molecule has 2 aromatic carbocycles. The van der Waals surface area contributed by atoms with Crippen molar-refractivity contribution in [3.8, 4) is 0 Å². The topological polar surface area (TPSA) is 66.4 Å². The lowest BCUT2D eigenvalue weighted by molar-refractivity contribution is -0.137. The molecule has 0 heterocycles. The Morgan fingerprint density at radius 2 is 1.67 bits per heavy atom. The molecule has 2 aromatic rings. The van der Waals surface area contributed by atoms with Crippen molar-refractivity contribution < 1.29 is 14.7 Å². The molecule has 0 bridgehead atoms. The Morgan fingerprint density at radius 3 is 2.24 bits per heavy atom. The normalized spacial score (nSPS) is 11.7. The second-order valence-electron chi connectivity index (χ2n) is 4.54. The summed E-state index contributed by atoms with van der Waals surface area (Å²) in [7, 11) is 0. The van der Waals surface area contributed by atoms with Gasteiger partial charge in [0.05, 0.1) is 12.5 Å². The fourth-order valence-corrected chi connectivity index (χ4v) is 2.22. The summed E-state index contributed by atoms with van der Waals surface area (Å²) < 4.78 is 0.879. The van der Waals surface area contributed by atoms with E-state index in [9.17, 15) is 9.59 Å². The van der Waals surface area contributed by atoms with Gasteiger partial charge in [0, 0.05) is 10.0 Å². The number of hydrogen-bond donors (Lipinski definition) is 2. The first-order valence-corrected chi connectivity index (χ1v) is 7.19. The van der Waals surface area contributed by atoms with Crippen LogP contribution in [-0.4, -0.2) is 17.0 Å². The summed E-state index contributed by atoms with van der Waals surface area (Å²) >= 11 is 3.31. The lowest BCUT2D eigenvalue weighted by Crippen LogP contribution is -2.30. The highest BCUT2D eigenvalue weighted by molar-refractivity contribution is 9.10. The van der Waals surface area contributed by atoms with Crippen LogP contribution in [0.3, 0.4) is 0 Å². The highest BCUT2D eigenvalue weighted by atomic mass is 79.9. The smallest absolute Gasteiger partial charge is 0.305 e. The van der Waals surface area contributed by atoms with Crippen molar-refractivity contribution in [2.75, 3.05) is 0 Å². The van der Waals surface area contributed by atoms with Crippen LogP contribution in [-0.2, 0) is 4.79 Å². The number of carboxylic acid groups (broad SMARTS) is 1. The molecule has 0 aliphatic carbocycles. The Hall–Kier alpha value is -2.14. The fraction of sp³-hybridized carbons (Fsp3) is 0.125. The summed E-state index contributed by atoms with van der Waals surface area (Å²) in [6, 6.07) is 15.4. The van der Waals surface area contributed by atoms with Crippen LogP contribution in [0.1, 0.15) is 28.4 Å². The van der Waals surface area contributed by atoms with E-state index in [0.29, 0.717) is 5.56 Å². The number of aliphatic carboxylic acids is 1. The van der Waals surface area contributed by atoms with Crippen molar-refractivity contribution in [3.63, 3.8) is 0 Å². The quantitative estimate of drug-likeness (QED) is 0.870. The first-order valence-electron chi connectivity index (χ1n) is 6.39. The molecule has 108 valence electrons. The first-order chi connectivity index (χ1) is 10.1. The molecule has 0 saturated carbocycles. The lowest BCUT2D eigenvalue weighted by Gasteiger charge is -2.17. The van der Waals surface area contributed by atoms with Gasteiger partial charge in [0.1, 0.15) is 0 Å². The van der Waals surface area contributed by atoms with Crippen molar-refractivity contribution in [1.82, 2.24) is 5.32 Å². The summed E-state index contributed by atoms with van der Waals surface area (Å²) in [6.07, 6.45) is -0.160. The van der Waals surface area contributed by atoms with Gasteiger partial charge in [-0.2, -0.15) is 0 Å². The van der Waals surface area contributed by atoms with Crippen molar-refractivity contribution in [2.45, 2.75) is 12.5 Å². The molecular formula is C16H14BrNO3. The van der Waals surface area contributed by atoms with Gasteiger partial charge >= 0.3 is 5.97 Å². The van der Waals surface area contributed by atoms with Crippen molar-refractivity contribution in [3.05, 3.63) is 70.2 Å². The molecule has 1 atom stereocenters. The highest BCUT2D eigenvalue weighted by Crippen LogP contribution is 2.18. The van der Waals surface area contributed by atoms with Gasteiger partial charge in [-0.05, 0) is 29.8 Å². The minimum atomic E-state index is -0.958. The van der Waals surface area contributed by atoms with Gasteiger partial charge in [-0.1, -0.05) is 46.3 Å². The molecule has 0 radical (unpaired) electrons. The van der Waals surface area contributed by atoms with Crippen LogP contribution in [0.15, 0.2) is 59.1 Å². The van der Waals surface area contributed by atoms with E-state index in [1.807, 2.05) is 18.2 Å². The SMILES string of the molecule is O=C(O)CC(NC(=O)c1ccc(Br)cc1)c1ccccc1. The molecule has 0 aromatic heterocycles. The summed E-state index contributed by atoms with van der Waals surface area (Å²) in [4.78, 5) is 23.2. The standard InChI is InChI=1S/C16H14BrNO3/c17-13-8-6-12(7-9-13)16(21)18-14(10-15(19)20)11-4-2-1-3-5-11/h1-9,14H,10H2,(H,18,21)(H,19,20). The van der Waals surface area contributed by atoms with E-state index in [4.69, 9.17) is 5.11 Å². The zero-order chi connectivity index (χ0) is 15.2. The van der Waals surface area contributed by atoms with E-state index in [-0.39, 0.29) is 12.3 Å². The van der Waals surface area contributed by atoms with Gasteiger partial charge < -0.3 is 10.4 Å². The molecule has 2 N–H and O–H groups in total. The second kappa shape index (κ2) is 7.04. The summed E-state index contributed by atoms with van der Waals surface area (Å²) in [5, 5.41) is 11.8. The van der Waals surface area contributed by atoms with E-state index in [1.165, 1.54) is 0 Å². The van der Waals surface area contributed by atoms with Gasteiger partial charge in [0.25, 0.3) is 5.91 Å². The number of carboxylic acids is 1. The second-order valence-corrected chi connectivity index (χ2v) is 5.46. The van der Waals surface area contributed by atoms with E-state index < -0.39 is 12.0 Å². The predicted molar refractivity (Wildman–Crippen MR) is 83.0 cm³/mol. The molecule has 1 unspecified atom stereocenters. The zero-order valence-corrected chi connectivity index (χ0v) is 12.7. The minimum Gasteiger partial charge on any atom is -0.481 e. The molecule has 4 nitrogen and oxygen atoms in total. The van der Waals surface area contributed by atoms with Gasteiger partial charge in [0.2, 0.25) is 0 Å². The Morgan fingerprint density at radius 1 is 1.05 bits per heavy atom. The Labute approximate surface area is 130 Å². The summed E-state index contributed by atoms with van der Waals surface area (Å²) in [5.74, 6) is -1.25. The molecular weight excluding hydrogens is 334 g/mol. The van der Waals surface area contributed by atoms with Crippen LogP contribution in [0.2, 0.25) is 0 Å². The predicted octanol–water partition coefficient (Wildman–Crippen LogP) is 3.39. The number of hydrogen-bond acceptors (Lipinski definition) is 2. The van der Waals surface area contributed by atoms with E-state index in [1.54, 1.807) is 36.4 Å². The zero-order valence-electron chi connectivity index (χ0n) is 11.1. The molecule has 0 aliphatic rings. The van der Waals surface area contributed by atoms with E-state index in [0.717, 1.165) is 10.0 Å². The monoisotopic (exact) mass is 347 g/mol. The molecule has 21 heavy (non-hydrogen) atoms. The Bertz CT molecular complexity index is 626. The number of carbonyl (C=O) groups excluding carboxylic acids is 1.